The number of amides is 1. The van der Waals surface area contributed by atoms with E-state index in [4.69, 9.17) is 9.72 Å². The van der Waals surface area contributed by atoms with Crippen LogP contribution in [0.4, 0.5) is 10.1 Å². The maximum absolute atomic E-state index is 13.7. The number of rotatable bonds is 8. The van der Waals surface area contributed by atoms with Gasteiger partial charge in [0, 0.05) is 10.6 Å². The molecule has 6 nitrogen and oxygen atoms in total. The molecule has 2 aromatic carbocycles. The van der Waals surface area contributed by atoms with Gasteiger partial charge in [0.25, 0.3) is 5.56 Å². The number of aromatic nitrogens is 2. The van der Waals surface area contributed by atoms with Crippen LogP contribution in [0.2, 0.25) is 0 Å². The molecule has 0 saturated carbocycles. The average Bonchev–Trinajstić information content (AvgIpc) is 3.15. The van der Waals surface area contributed by atoms with Gasteiger partial charge in [0.15, 0.2) is 5.16 Å². The smallest absolute Gasteiger partial charge is 0.267 e. The quantitative estimate of drug-likeness (QED) is 0.254. The number of nitrogens with one attached hydrogen (secondary N) is 1. The second kappa shape index (κ2) is 10.4. The highest BCUT2D eigenvalue weighted by molar-refractivity contribution is 7.99. The van der Waals surface area contributed by atoms with Crippen LogP contribution < -0.4 is 15.6 Å². The summed E-state index contributed by atoms with van der Waals surface area (Å²) in [6.07, 6.45) is 1.86. The first-order valence-electron chi connectivity index (χ1n) is 10.8. The molecule has 0 radical (unpaired) electrons. The Kier molecular flexibility index (Phi) is 7.33. The van der Waals surface area contributed by atoms with Crippen molar-refractivity contribution in [3.63, 3.8) is 0 Å². The van der Waals surface area contributed by atoms with Crippen molar-refractivity contribution in [3.05, 3.63) is 75.1 Å². The molecular formula is C25H24FN3O3S2. The van der Waals surface area contributed by atoms with E-state index >= 15 is 0 Å². The van der Waals surface area contributed by atoms with Gasteiger partial charge in [-0.2, -0.15) is 0 Å². The number of nitrogens with zero attached hydrogens (tertiary/aromatic N) is 2. The van der Waals surface area contributed by atoms with Crippen LogP contribution in [0.5, 0.6) is 5.75 Å². The first-order valence-corrected chi connectivity index (χ1v) is 12.6. The van der Waals surface area contributed by atoms with Crippen molar-refractivity contribution in [2.75, 3.05) is 18.2 Å². The minimum atomic E-state index is -0.373. The van der Waals surface area contributed by atoms with Gasteiger partial charge in [0.2, 0.25) is 5.91 Å². The Morgan fingerprint density at radius 2 is 1.88 bits per heavy atom. The molecule has 1 N–H and O–H groups in total. The van der Waals surface area contributed by atoms with Crippen molar-refractivity contribution in [3.8, 4) is 11.4 Å². The van der Waals surface area contributed by atoms with E-state index in [1.165, 1.54) is 47.4 Å². The molecule has 34 heavy (non-hydrogen) atoms. The molecule has 0 saturated heterocycles. The van der Waals surface area contributed by atoms with Crippen LogP contribution in [0.3, 0.4) is 0 Å². The Morgan fingerprint density at radius 1 is 1.18 bits per heavy atom. The third kappa shape index (κ3) is 5.00. The van der Waals surface area contributed by atoms with Crippen molar-refractivity contribution in [1.82, 2.24) is 9.55 Å². The predicted molar refractivity (Wildman–Crippen MR) is 136 cm³/mol. The van der Waals surface area contributed by atoms with Gasteiger partial charge in [0.1, 0.15) is 16.4 Å². The lowest BCUT2D eigenvalue weighted by Crippen LogP contribution is -2.22. The van der Waals surface area contributed by atoms with Crippen molar-refractivity contribution >= 4 is 44.9 Å². The third-order valence-electron chi connectivity index (χ3n) is 5.30. The van der Waals surface area contributed by atoms with Crippen molar-refractivity contribution < 1.29 is 13.9 Å². The zero-order valence-corrected chi connectivity index (χ0v) is 20.7. The molecule has 0 unspecified atom stereocenters. The summed E-state index contributed by atoms with van der Waals surface area (Å²) in [4.78, 5) is 32.8. The topological polar surface area (TPSA) is 73.2 Å². The van der Waals surface area contributed by atoms with E-state index in [2.05, 4.69) is 12.2 Å². The van der Waals surface area contributed by atoms with Gasteiger partial charge in [-0.15, -0.1) is 11.3 Å². The number of thioether (sulfide) groups is 1. The summed E-state index contributed by atoms with van der Waals surface area (Å²) in [5, 5.41) is 3.79. The lowest BCUT2D eigenvalue weighted by Gasteiger charge is -2.13. The first-order chi connectivity index (χ1) is 16.4. The van der Waals surface area contributed by atoms with E-state index in [1.54, 1.807) is 35.9 Å². The van der Waals surface area contributed by atoms with Crippen LogP contribution in [0.25, 0.3) is 15.9 Å². The Labute approximate surface area is 204 Å². The maximum atomic E-state index is 13.7. The highest BCUT2D eigenvalue weighted by Gasteiger charge is 2.20. The van der Waals surface area contributed by atoms with Gasteiger partial charge in [-0.1, -0.05) is 25.1 Å². The lowest BCUT2D eigenvalue weighted by atomic mass is 10.1. The predicted octanol–water partition coefficient (Wildman–Crippen LogP) is 5.59. The number of fused-ring (bicyclic) bond motifs is 1. The van der Waals surface area contributed by atoms with Crippen LogP contribution in [-0.2, 0) is 11.2 Å². The highest BCUT2D eigenvalue weighted by Crippen LogP contribution is 2.31. The second-order valence-corrected chi connectivity index (χ2v) is 9.68. The van der Waals surface area contributed by atoms with Gasteiger partial charge in [0.05, 0.1) is 23.9 Å². The number of benzene rings is 2. The fourth-order valence-corrected chi connectivity index (χ4v) is 5.72. The number of methoxy groups -OCH3 is 1. The number of ether oxygens (including phenoxy) is 1. The van der Waals surface area contributed by atoms with Gasteiger partial charge < -0.3 is 10.1 Å². The normalized spacial score (nSPS) is 11.1. The molecule has 0 aliphatic rings. The minimum Gasteiger partial charge on any atom is -0.497 e. The van der Waals surface area contributed by atoms with Gasteiger partial charge >= 0.3 is 0 Å². The van der Waals surface area contributed by atoms with Crippen molar-refractivity contribution in [2.45, 2.75) is 31.8 Å². The molecule has 4 aromatic rings. The summed E-state index contributed by atoms with van der Waals surface area (Å²) in [7, 11) is 1.58. The van der Waals surface area contributed by atoms with E-state index in [9.17, 15) is 14.0 Å². The molecule has 9 heteroatoms. The number of hydrogen-bond donors (Lipinski definition) is 1. The zero-order valence-electron chi connectivity index (χ0n) is 19.1. The summed E-state index contributed by atoms with van der Waals surface area (Å²) < 4.78 is 19.9. The molecule has 0 fully saturated rings. The summed E-state index contributed by atoms with van der Waals surface area (Å²) in [5.41, 5.74) is 1.95. The molecule has 0 aliphatic carbocycles. The van der Waals surface area contributed by atoms with E-state index in [0.717, 1.165) is 23.3 Å². The average molecular weight is 498 g/mol. The van der Waals surface area contributed by atoms with Crippen LogP contribution in [0, 0.1) is 12.7 Å². The number of thiophene rings is 1. The zero-order chi connectivity index (χ0) is 24.2. The number of carbonyl (C=O) groups excluding carboxylic acids is 1. The molecule has 176 valence electrons. The summed E-state index contributed by atoms with van der Waals surface area (Å²) >= 11 is 2.71. The number of hydrogen-bond acceptors (Lipinski definition) is 6. The van der Waals surface area contributed by atoms with E-state index in [0.29, 0.717) is 32.5 Å². The van der Waals surface area contributed by atoms with Crippen LogP contribution in [0.15, 0.2) is 58.5 Å². The second-order valence-electron chi connectivity index (χ2n) is 7.66. The van der Waals surface area contributed by atoms with Gasteiger partial charge in [-0.05, 0) is 67.4 Å². The first kappa shape index (κ1) is 24.0. The van der Waals surface area contributed by atoms with Gasteiger partial charge in [-0.3, -0.25) is 14.2 Å². The molecule has 1 amide bonds. The third-order valence-corrected chi connectivity index (χ3v) is 7.48. The van der Waals surface area contributed by atoms with E-state index in [-0.39, 0.29) is 23.0 Å². The molecule has 0 atom stereocenters. The van der Waals surface area contributed by atoms with Crippen LogP contribution in [-0.4, -0.2) is 28.3 Å². The molecule has 0 aliphatic heterocycles. The monoisotopic (exact) mass is 497 g/mol. The minimum absolute atomic E-state index is 0.0393. The Hall–Kier alpha value is -3.17. The van der Waals surface area contributed by atoms with E-state index in [1.807, 2.05) is 6.92 Å². The number of anilines is 1. The molecule has 0 spiro atoms. The highest BCUT2D eigenvalue weighted by atomic mass is 32.2. The number of aryl methyl sites for hydroxylation is 2. The number of carbonyl (C=O) groups is 1. The fraction of sp³-hybridized carbons (Fsp3) is 0.240. The Morgan fingerprint density at radius 3 is 2.53 bits per heavy atom. The van der Waals surface area contributed by atoms with Crippen molar-refractivity contribution in [1.29, 1.82) is 0 Å². The van der Waals surface area contributed by atoms with Crippen LogP contribution >= 0.6 is 23.1 Å². The lowest BCUT2D eigenvalue weighted by molar-refractivity contribution is -0.113. The molecule has 2 heterocycles. The Bertz CT molecular complexity index is 1380. The summed E-state index contributed by atoms with van der Waals surface area (Å²) in [6.45, 7) is 4.07. The SMILES string of the molecule is CCCc1sc2nc(SCC(=O)Nc3ccc(F)cc3)n(-c3ccc(OC)cc3)c(=O)c2c1C. The molecule has 2 aromatic heterocycles. The van der Waals surface area contributed by atoms with E-state index < -0.39 is 0 Å². The maximum Gasteiger partial charge on any atom is 0.267 e. The molecule has 0 bridgehead atoms. The Balaban J connectivity index is 1.71. The largest absolute Gasteiger partial charge is 0.497 e. The van der Waals surface area contributed by atoms with Crippen molar-refractivity contribution in [2.24, 2.45) is 0 Å². The summed E-state index contributed by atoms with van der Waals surface area (Å²) in [6, 6.07) is 12.7. The standard InChI is InChI=1S/C25H24FN3O3S2/c1-4-5-20-15(2)22-23(34-20)28-25(29(24(22)31)18-10-12-19(32-3)13-11-18)33-14-21(30)27-17-8-6-16(26)7-9-17/h6-13H,4-5,14H2,1-3H3,(H,27,30). The summed E-state index contributed by atoms with van der Waals surface area (Å²) in [5.74, 6) is 0.0662. The fourth-order valence-electron chi connectivity index (χ4n) is 3.59. The van der Waals surface area contributed by atoms with Gasteiger partial charge in [-0.25, -0.2) is 9.37 Å². The number of halogens is 1. The molecule has 4 rings (SSSR count). The molecular weight excluding hydrogens is 473 g/mol. The van der Waals surface area contributed by atoms with Crippen LogP contribution in [0.1, 0.15) is 23.8 Å².